The molecule has 1 saturated carbocycles. The van der Waals surface area contributed by atoms with E-state index in [1.54, 1.807) is 17.5 Å². The van der Waals surface area contributed by atoms with Crippen LogP contribution in [0.15, 0.2) is 29.1 Å². The number of carbonyl (C=O) groups excluding carboxylic acids is 1. The van der Waals surface area contributed by atoms with Gasteiger partial charge in [0.25, 0.3) is 5.91 Å². The van der Waals surface area contributed by atoms with Gasteiger partial charge < -0.3 is 4.90 Å². The van der Waals surface area contributed by atoms with E-state index in [1.807, 2.05) is 21.7 Å². The van der Waals surface area contributed by atoms with E-state index in [4.69, 9.17) is 0 Å². The number of nitrogens with one attached hydrogen (secondary N) is 1. The first kappa shape index (κ1) is 14.0. The molecule has 0 unspecified atom stereocenters. The number of aromatic amines is 1. The lowest BCUT2D eigenvalue weighted by molar-refractivity contribution is 0.0707. The Kier molecular flexibility index (Phi) is 3.09. The molecule has 1 aliphatic carbocycles. The Morgan fingerprint density at radius 1 is 1.33 bits per heavy atom. The molecule has 0 atom stereocenters. The molecule has 122 valence electrons. The molecule has 0 saturated heterocycles. The third kappa shape index (κ3) is 2.27. The Hall–Kier alpha value is -2.41. The molecular weight excluding hydrogens is 322 g/mol. The SMILES string of the molecule is O=C(c1cn[nH]c1-c1ccsc1)N1CCn2nc(C3CC3)cc2C1. The Morgan fingerprint density at radius 2 is 2.25 bits per heavy atom. The van der Waals surface area contributed by atoms with E-state index in [2.05, 4.69) is 26.0 Å². The minimum atomic E-state index is 0.0328. The minimum absolute atomic E-state index is 0.0328. The number of amides is 1. The lowest BCUT2D eigenvalue weighted by Crippen LogP contribution is -2.38. The van der Waals surface area contributed by atoms with Crippen molar-refractivity contribution in [3.8, 4) is 11.3 Å². The van der Waals surface area contributed by atoms with Gasteiger partial charge in [0.05, 0.1) is 41.9 Å². The van der Waals surface area contributed by atoms with Gasteiger partial charge in [-0.1, -0.05) is 0 Å². The van der Waals surface area contributed by atoms with Crippen molar-refractivity contribution >= 4 is 17.2 Å². The summed E-state index contributed by atoms with van der Waals surface area (Å²) in [4.78, 5) is 14.9. The van der Waals surface area contributed by atoms with E-state index in [-0.39, 0.29) is 5.91 Å². The quantitative estimate of drug-likeness (QED) is 0.798. The van der Waals surface area contributed by atoms with Crippen molar-refractivity contribution in [1.29, 1.82) is 0 Å². The first-order chi connectivity index (χ1) is 11.8. The first-order valence-corrected chi connectivity index (χ1v) is 9.16. The molecule has 3 aromatic heterocycles. The van der Waals surface area contributed by atoms with E-state index in [1.165, 1.54) is 18.5 Å². The van der Waals surface area contributed by atoms with Crippen molar-refractivity contribution in [3.05, 3.63) is 46.0 Å². The van der Waals surface area contributed by atoms with Crippen molar-refractivity contribution in [1.82, 2.24) is 24.9 Å². The number of fused-ring (bicyclic) bond motifs is 1. The Bertz CT molecular complexity index is 890. The van der Waals surface area contributed by atoms with Crippen molar-refractivity contribution in [2.75, 3.05) is 6.54 Å². The number of nitrogens with zero attached hydrogens (tertiary/aromatic N) is 4. The molecule has 1 N–H and O–H groups in total. The fourth-order valence-corrected chi connectivity index (χ4v) is 3.93. The largest absolute Gasteiger partial charge is 0.331 e. The van der Waals surface area contributed by atoms with Crippen LogP contribution in [0.5, 0.6) is 0 Å². The van der Waals surface area contributed by atoms with Gasteiger partial charge in [-0.05, 0) is 30.4 Å². The third-order valence-electron chi connectivity index (χ3n) is 4.78. The maximum Gasteiger partial charge on any atom is 0.258 e. The van der Waals surface area contributed by atoms with Gasteiger partial charge in [0.2, 0.25) is 0 Å². The van der Waals surface area contributed by atoms with Gasteiger partial charge in [0.1, 0.15) is 0 Å². The van der Waals surface area contributed by atoms with Gasteiger partial charge in [-0.3, -0.25) is 14.6 Å². The summed E-state index contributed by atoms with van der Waals surface area (Å²) in [7, 11) is 0. The lowest BCUT2D eigenvalue weighted by atomic mass is 10.1. The smallest absolute Gasteiger partial charge is 0.258 e. The first-order valence-electron chi connectivity index (χ1n) is 8.21. The molecule has 5 rings (SSSR count). The zero-order valence-corrected chi connectivity index (χ0v) is 13.9. The Balaban J connectivity index is 1.41. The van der Waals surface area contributed by atoms with E-state index in [0.29, 0.717) is 24.6 Å². The Labute approximate surface area is 143 Å². The number of hydrogen-bond acceptors (Lipinski definition) is 4. The van der Waals surface area contributed by atoms with Crippen molar-refractivity contribution in [2.45, 2.75) is 31.8 Å². The Morgan fingerprint density at radius 3 is 3.04 bits per heavy atom. The molecule has 0 spiro atoms. The normalized spacial score (nSPS) is 17.1. The summed E-state index contributed by atoms with van der Waals surface area (Å²) in [5.74, 6) is 0.677. The molecule has 0 bridgehead atoms. The van der Waals surface area contributed by atoms with Crippen LogP contribution in [0.25, 0.3) is 11.3 Å². The summed E-state index contributed by atoms with van der Waals surface area (Å²) >= 11 is 1.61. The molecule has 1 amide bonds. The van der Waals surface area contributed by atoms with Crippen LogP contribution in [-0.4, -0.2) is 37.3 Å². The zero-order chi connectivity index (χ0) is 16.1. The molecule has 24 heavy (non-hydrogen) atoms. The summed E-state index contributed by atoms with van der Waals surface area (Å²) in [6, 6.07) is 4.18. The molecule has 3 aromatic rings. The molecule has 0 aromatic carbocycles. The fraction of sp³-hybridized carbons (Fsp3) is 0.353. The minimum Gasteiger partial charge on any atom is -0.331 e. The summed E-state index contributed by atoms with van der Waals surface area (Å²) < 4.78 is 2.06. The number of carbonyl (C=O) groups is 1. The van der Waals surface area contributed by atoms with Gasteiger partial charge in [0, 0.05) is 23.4 Å². The number of H-pyrrole nitrogens is 1. The van der Waals surface area contributed by atoms with E-state index >= 15 is 0 Å². The lowest BCUT2D eigenvalue weighted by Gasteiger charge is -2.27. The molecule has 7 heteroatoms. The number of hydrogen-bond donors (Lipinski definition) is 1. The highest BCUT2D eigenvalue weighted by atomic mass is 32.1. The average molecular weight is 339 g/mol. The maximum absolute atomic E-state index is 13.0. The summed E-state index contributed by atoms with van der Waals surface area (Å²) in [6.45, 7) is 2.07. The molecule has 1 aliphatic heterocycles. The van der Waals surface area contributed by atoms with E-state index in [0.717, 1.165) is 23.5 Å². The molecule has 4 heterocycles. The summed E-state index contributed by atoms with van der Waals surface area (Å²) in [5.41, 5.74) is 4.79. The highest BCUT2D eigenvalue weighted by molar-refractivity contribution is 7.08. The van der Waals surface area contributed by atoms with Crippen LogP contribution in [-0.2, 0) is 13.1 Å². The fourth-order valence-electron chi connectivity index (χ4n) is 3.29. The molecule has 6 nitrogen and oxygen atoms in total. The number of thiophene rings is 1. The van der Waals surface area contributed by atoms with Crippen LogP contribution < -0.4 is 0 Å². The van der Waals surface area contributed by atoms with Crippen molar-refractivity contribution in [2.24, 2.45) is 0 Å². The van der Waals surface area contributed by atoms with Crippen LogP contribution in [0, 0.1) is 0 Å². The second kappa shape index (κ2) is 5.31. The van der Waals surface area contributed by atoms with Gasteiger partial charge in [-0.2, -0.15) is 21.5 Å². The van der Waals surface area contributed by atoms with Crippen LogP contribution in [0.4, 0.5) is 0 Å². The van der Waals surface area contributed by atoms with Gasteiger partial charge in [-0.15, -0.1) is 0 Å². The molecular formula is C17H17N5OS. The summed E-state index contributed by atoms with van der Waals surface area (Å²) in [6.07, 6.45) is 4.13. The van der Waals surface area contributed by atoms with Gasteiger partial charge >= 0.3 is 0 Å². The standard InChI is InChI=1S/C17H17N5OS/c23-17(14-8-18-19-16(14)12-3-6-24-10-12)21-4-5-22-13(9-21)7-15(20-22)11-1-2-11/h3,6-8,10-11H,1-2,4-5,9H2,(H,18,19). The summed E-state index contributed by atoms with van der Waals surface area (Å²) in [5, 5.41) is 15.8. The van der Waals surface area contributed by atoms with Crippen LogP contribution in [0.3, 0.4) is 0 Å². The maximum atomic E-state index is 13.0. The average Bonchev–Trinajstić information content (AvgIpc) is 3.05. The van der Waals surface area contributed by atoms with Crippen LogP contribution in [0.2, 0.25) is 0 Å². The second-order valence-electron chi connectivity index (χ2n) is 6.46. The molecule has 2 aliphatic rings. The predicted molar refractivity (Wildman–Crippen MR) is 90.8 cm³/mol. The molecule has 0 radical (unpaired) electrons. The third-order valence-corrected chi connectivity index (χ3v) is 5.46. The monoisotopic (exact) mass is 339 g/mol. The van der Waals surface area contributed by atoms with Crippen molar-refractivity contribution in [3.63, 3.8) is 0 Å². The predicted octanol–water partition coefficient (Wildman–Crippen LogP) is 2.87. The number of aromatic nitrogens is 4. The highest BCUT2D eigenvalue weighted by Gasteiger charge is 2.30. The number of rotatable bonds is 3. The second-order valence-corrected chi connectivity index (χ2v) is 7.24. The topological polar surface area (TPSA) is 66.8 Å². The van der Waals surface area contributed by atoms with Crippen LogP contribution in [0.1, 0.15) is 40.5 Å². The van der Waals surface area contributed by atoms with E-state index < -0.39 is 0 Å². The van der Waals surface area contributed by atoms with Gasteiger partial charge in [0.15, 0.2) is 0 Å². The van der Waals surface area contributed by atoms with Gasteiger partial charge in [-0.25, -0.2) is 0 Å². The van der Waals surface area contributed by atoms with Crippen LogP contribution >= 0.6 is 11.3 Å². The molecule has 1 fully saturated rings. The zero-order valence-electron chi connectivity index (χ0n) is 13.1. The van der Waals surface area contributed by atoms with Crippen molar-refractivity contribution < 1.29 is 4.79 Å². The highest BCUT2D eigenvalue weighted by Crippen LogP contribution is 2.39. The van der Waals surface area contributed by atoms with E-state index in [9.17, 15) is 4.79 Å².